The third-order valence-electron chi connectivity index (χ3n) is 10.1. The highest BCUT2D eigenvalue weighted by Crippen LogP contribution is 2.44. The van der Waals surface area contributed by atoms with Crippen molar-refractivity contribution in [3.8, 4) is 6.01 Å². The number of hydrogen-bond donors (Lipinski definition) is 1. The number of aliphatic hydroxyl groups is 1. The van der Waals surface area contributed by atoms with E-state index < -0.39 is 11.7 Å². The van der Waals surface area contributed by atoms with Gasteiger partial charge in [0, 0.05) is 43.8 Å². The quantitative estimate of drug-likeness (QED) is 0.553. The monoisotopic (exact) mass is 590 g/mol. The average molecular weight is 591 g/mol. The first-order chi connectivity index (χ1) is 20.6. The zero-order valence-corrected chi connectivity index (χ0v) is 26.0. The number of anilines is 1. The summed E-state index contributed by atoms with van der Waals surface area (Å²) in [6, 6.07) is 9.49. The first kappa shape index (κ1) is 28.8. The fourth-order valence-corrected chi connectivity index (χ4v) is 7.98. The summed E-state index contributed by atoms with van der Waals surface area (Å²) in [5, 5.41) is 10.8. The number of likely N-dealkylation sites (tertiary alicyclic amines) is 1. The van der Waals surface area contributed by atoms with Crippen LogP contribution >= 0.6 is 0 Å². The van der Waals surface area contributed by atoms with Crippen molar-refractivity contribution >= 4 is 11.9 Å². The van der Waals surface area contributed by atoms with Crippen molar-refractivity contribution in [3.63, 3.8) is 0 Å². The number of nitrogens with zero attached hydrogens (tertiary/aromatic N) is 6. The van der Waals surface area contributed by atoms with Crippen LogP contribution in [0.25, 0.3) is 0 Å². The van der Waals surface area contributed by atoms with Crippen LogP contribution in [0.5, 0.6) is 6.01 Å². The lowest BCUT2D eigenvalue weighted by atomic mass is 10.00. The maximum Gasteiger partial charge on any atom is 0.410 e. The number of aliphatic hydroxyl groups excluding tert-OH is 1. The summed E-state index contributed by atoms with van der Waals surface area (Å²) in [4.78, 5) is 32.4. The van der Waals surface area contributed by atoms with Gasteiger partial charge in [-0.2, -0.15) is 9.97 Å². The molecule has 1 aliphatic carbocycles. The van der Waals surface area contributed by atoms with E-state index in [0.717, 1.165) is 68.9 Å². The molecule has 7 rings (SSSR count). The zero-order chi connectivity index (χ0) is 29.9. The Hall–Kier alpha value is -2.95. The molecule has 1 N–H and O–H groups in total. The van der Waals surface area contributed by atoms with Crippen molar-refractivity contribution in [2.45, 2.75) is 102 Å². The van der Waals surface area contributed by atoms with E-state index in [1.54, 1.807) is 0 Å². The van der Waals surface area contributed by atoms with Crippen molar-refractivity contribution < 1.29 is 19.4 Å². The number of fused-ring (bicyclic) bond motifs is 4. The summed E-state index contributed by atoms with van der Waals surface area (Å²) < 4.78 is 12.1. The van der Waals surface area contributed by atoms with E-state index in [2.05, 4.69) is 39.9 Å². The van der Waals surface area contributed by atoms with Gasteiger partial charge in [-0.05, 0) is 84.0 Å². The molecule has 0 radical (unpaired) electrons. The van der Waals surface area contributed by atoms with Crippen molar-refractivity contribution in [2.24, 2.45) is 0 Å². The van der Waals surface area contributed by atoms with E-state index >= 15 is 0 Å². The minimum atomic E-state index is -0.513. The predicted octanol–water partition coefficient (Wildman–Crippen LogP) is 4.07. The van der Waals surface area contributed by atoms with E-state index in [1.165, 1.54) is 17.5 Å². The summed E-state index contributed by atoms with van der Waals surface area (Å²) in [5.74, 6) is 0.965. The van der Waals surface area contributed by atoms with Crippen LogP contribution in [0.1, 0.15) is 87.4 Å². The lowest BCUT2D eigenvalue weighted by molar-refractivity contribution is 0.0122. The highest BCUT2D eigenvalue weighted by Gasteiger charge is 2.46. The minimum Gasteiger partial charge on any atom is -0.462 e. The molecule has 2 aromatic rings. The molecule has 1 aromatic heterocycles. The van der Waals surface area contributed by atoms with Gasteiger partial charge in [0.15, 0.2) is 0 Å². The Labute approximate surface area is 255 Å². The van der Waals surface area contributed by atoms with Gasteiger partial charge in [0.25, 0.3) is 0 Å². The number of piperazine rings is 1. The second-order valence-electron chi connectivity index (χ2n) is 14.1. The Morgan fingerprint density at radius 3 is 2.49 bits per heavy atom. The number of likely N-dealkylation sites (N-methyl/N-ethyl adjacent to an activating group) is 1. The molecule has 1 amide bonds. The number of aromatic nitrogens is 2. The Kier molecular flexibility index (Phi) is 7.50. The van der Waals surface area contributed by atoms with Crippen LogP contribution in [0.15, 0.2) is 24.3 Å². The van der Waals surface area contributed by atoms with Gasteiger partial charge in [-0.15, -0.1) is 0 Å². The van der Waals surface area contributed by atoms with E-state index in [0.29, 0.717) is 31.6 Å². The third-order valence-corrected chi connectivity index (χ3v) is 10.1. The highest BCUT2D eigenvalue weighted by atomic mass is 16.6. The average Bonchev–Trinajstić information content (AvgIpc) is 3.62. The normalized spacial score (nSPS) is 29.1. The van der Waals surface area contributed by atoms with E-state index in [-0.39, 0.29) is 24.2 Å². The van der Waals surface area contributed by atoms with Crippen LogP contribution < -0.4 is 9.64 Å². The van der Waals surface area contributed by atoms with E-state index in [9.17, 15) is 9.90 Å². The maximum absolute atomic E-state index is 13.1. The molecule has 2 unspecified atom stereocenters. The van der Waals surface area contributed by atoms with E-state index in [4.69, 9.17) is 19.4 Å². The Bertz CT molecular complexity index is 1350. The van der Waals surface area contributed by atoms with Crippen LogP contribution in [0.4, 0.5) is 10.6 Å². The number of rotatable bonds is 5. The third kappa shape index (κ3) is 5.58. The van der Waals surface area contributed by atoms with Gasteiger partial charge >= 0.3 is 12.1 Å². The van der Waals surface area contributed by atoms with Gasteiger partial charge in [0.05, 0.1) is 23.9 Å². The van der Waals surface area contributed by atoms with Gasteiger partial charge in [0.1, 0.15) is 18.0 Å². The first-order valence-corrected chi connectivity index (χ1v) is 16.1. The molecule has 0 spiro atoms. The van der Waals surface area contributed by atoms with Gasteiger partial charge < -0.3 is 24.4 Å². The van der Waals surface area contributed by atoms with Crippen LogP contribution in [0.2, 0.25) is 0 Å². The summed E-state index contributed by atoms with van der Waals surface area (Å²) in [6.45, 7) is 10.5. The Morgan fingerprint density at radius 1 is 1.05 bits per heavy atom. The minimum absolute atomic E-state index is 0.104. The first-order valence-electron chi connectivity index (χ1n) is 16.1. The molecule has 5 aliphatic rings. The van der Waals surface area contributed by atoms with Crippen molar-refractivity contribution in [3.05, 3.63) is 46.6 Å². The Balaban J connectivity index is 1.16. The standard InChI is InChI=1S/C33H46N6O4/c1-33(2,3)43-32(41)39-21-11-12-22(39)18-38(17-21)30-26-13-15-37(28-16-29(40)25-10-6-5-9-24(25)28)19-27(26)34-31(35-30)42-20-23-8-7-14-36(23)4/h5-6,9-10,21-23,28-29,40H,7-8,11-20H2,1-4H3/t21-,22+,23-,28?,29?/m0/s1. The van der Waals surface area contributed by atoms with Gasteiger partial charge in [-0.1, -0.05) is 24.3 Å². The highest BCUT2D eigenvalue weighted by molar-refractivity contribution is 5.70. The molecule has 232 valence electrons. The Morgan fingerprint density at radius 2 is 1.79 bits per heavy atom. The molecule has 10 heteroatoms. The molecule has 43 heavy (non-hydrogen) atoms. The smallest absolute Gasteiger partial charge is 0.410 e. The lowest BCUT2D eigenvalue weighted by Gasteiger charge is -2.43. The number of ether oxygens (including phenoxy) is 2. The number of hydrogen-bond acceptors (Lipinski definition) is 9. The fraction of sp³-hybridized carbons (Fsp3) is 0.667. The molecular weight excluding hydrogens is 544 g/mol. The van der Waals surface area contributed by atoms with Gasteiger partial charge in [-0.25, -0.2) is 4.79 Å². The van der Waals surface area contributed by atoms with Crippen molar-refractivity contribution in [2.75, 3.05) is 44.7 Å². The molecule has 0 saturated carbocycles. The summed E-state index contributed by atoms with van der Waals surface area (Å²) in [6.07, 6.45) is 5.18. The molecule has 5 atom stereocenters. The lowest BCUT2D eigenvalue weighted by Crippen LogP contribution is -2.57. The van der Waals surface area contributed by atoms with Gasteiger partial charge in [0.2, 0.25) is 0 Å². The van der Waals surface area contributed by atoms with Crippen LogP contribution in [-0.4, -0.2) is 99.4 Å². The molecule has 4 aliphatic heterocycles. The second kappa shape index (κ2) is 11.2. The topological polar surface area (TPSA) is 94.5 Å². The summed E-state index contributed by atoms with van der Waals surface area (Å²) in [5.41, 5.74) is 3.97. The number of carbonyl (C=O) groups is 1. The molecule has 5 heterocycles. The van der Waals surface area contributed by atoms with E-state index in [1.807, 2.05) is 31.7 Å². The molecule has 3 fully saturated rings. The molecular formula is C33H46N6O4. The zero-order valence-electron chi connectivity index (χ0n) is 26.0. The molecule has 2 bridgehead atoms. The van der Waals surface area contributed by atoms with Crippen LogP contribution in [-0.2, 0) is 17.7 Å². The van der Waals surface area contributed by atoms with Crippen LogP contribution in [0.3, 0.4) is 0 Å². The fourth-order valence-electron chi connectivity index (χ4n) is 7.98. The van der Waals surface area contributed by atoms with Crippen molar-refractivity contribution in [1.82, 2.24) is 24.7 Å². The molecule has 10 nitrogen and oxygen atoms in total. The van der Waals surface area contributed by atoms with Crippen molar-refractivity contribution in [1.29, 1.82) is 0 Å². The molecule has 3 saturated heterocycles. The summed E-state index contributed by atoms with van der Waals surface area (Å²) >= 11 is 0. The second-order valence-corrected chi connectivity index (χ2v) is 14.1. The number of carbonyl (C=O) groups excluding carboxylic acids is 1. The van der Waals surface area contributed by atoms with Gasteiger partial charge in [-0.3, -0.25) is 9.80 Å². The largest absolute Gasteiger partial charge is 0.462 e. The number of amides is 1. The predicted molar refractivity (Wildman–Crippen MR) is 163 cm³/mol. The number of benzene rings is 1. The van der Waals surface area contributed by atoms with Crippen LogP contribution in [0, 0.1) is 0 Å². The SMILES string of the molecule is CN1CCC[C@H]1COc1nc2c(c(N3C[C@H]4CC[C@@H](C3)N4C(=O)OC(C)(C)C)n1)CCN(C1CC(O)c3ccccc31)C2. The molecule has 1 aromatic carbocycles. The summed E-state index contributed by atoms with van der Waals surface area (Å²) in [7, 11) is 2.16. The maximum atomic E-state index is 13.1.